The highest BCUT2D eigenvalue weighted by atomic mass is 16.2. The molecule has 2 heterocycles. The van der Waals surface area contributed by atoms with Crippen molar-refractivity contribution in [2.24, 2.45) is 16.7 Å². The lowest BCUT2D eigenvalue weighted by molar-refractivity contribution is -0.125. The van der Waals surface area contributed by atoms with Crippen LogP contribution in [0.3, 0.4) is 0 Å². The van der Waals surface area contributed by atoms with E-state index in [4.69, 9.17) is 0 Å². The van der Waals surface area contributed by atoms with Gasteiger partial charge in [0.05, 0.1) is 0 Å². The van der Waals surface area contributed by atoms with Crippen LogP contribution in [0.5, 0.6) is 0 Å². The number of amides is 1. The van der Waals surface area contributed by atoms with E-state index >= 15 is 0 Å². The Morgan fingerprint density at radius 3 is 2.67 bits per heavy atom. The van der Waals surface area contributed by atoms with Crippen molar-refractivity contribution in [2.45, 2.75) is 59.0 Å². The maximum absolute atomic E-state index is 13.0. The highest BCUT2D eigenvalue weighted by molar-refractivity contribution is 5.83. The molecule has 1 aliphatic carbocycles. The van der Waals surface area contributed by atoms with Crippen molar-refractivity contribution in [3.05, 3.63) is 35.4 Å². The summed E-state index contributed by atoms with van der Waals surface area (Å²) in [4.78, 5) is 15.5. The molecule has 1 aromatic rings. The molecular weight excluding hydrogens is 334 g/mol. The smallest absolute Gasteiger partial charge is 0.223 e. The largest absolute Gasteiger partial charge is 0.351 e. The zero-order valence-electron chi connectivity index (χ0n) is 17.2. The predicted molar refractivity (Wildman–Crippen MR) is 109 cm³/mol. The van der Waals surface area contributed by atoms with Gasteiger partial charge < -0.3 is 10.6 Å². The van der Waals surface area contributed by atoms with Crippen molar-refractivity contribution >= 4 is 5.91 Å². The fourth-order valence-corrected chi connectivity index (χ4v) is 4.97. The van der Waals surface area contributed by atoms with Crippen LogP contribution in [-0.4, -0.2) is 43.0 Å². The summed E-state index contributed by atoms with van der Waals surface area (Å²) < 4.78 is 0. The minimum atomic E-state index is 0.0583. The molecule has 2 unspecified atom stereocenters. The number of fused-ring (bicyclic) bond motifs is 1. The Kier molecular flexibility index (Phi) is 5.06. The molecule has 1 aromatic carbocycles. The van der Waals surface area contributed by atoms with E-state index in [1.165, 1.54) is 11.1 Å². The van der Waals surface area contributed by atoms with Crippen molar-refractivity contribution in [1.29, 1.82) is 0 Å². The average Bonchev–Trinajstić information content (AvgIpc) is 3.34. The fraction of sp³-hybridized carbons (Fsp3) is 0.696. The molecule has 0 radical (unpaired) electrons. The van der Waals surface area contributed by atoms with E-state index in [1.54, 1.807) is 0 Å². The molecular formula is C23H35N3O. The van der Waals surface area contributed by atoms with E-state index in [-0.39, 0.29) is 17.4 Å². The second-order valence-electron chi connectivity index (χ2n) is 10.1. The van der Waals surface area contributed by atoms with Gasteiger partial charge in [-0.25, -0.2) is 0 Å². The lowest BCUT2D eigenvalue weighted by Gasteiger charge is -2.38. The second kappa shape index (κ2) is 7.21. The molecule has 0 aromatic heterocycles. The van der Waals surface area contributed by atoms with Crippen molar-refractivity contribution in [2.75, 3.05) is 26.2 Å². The van der Waals surface area contributed by atoms with Crippen LogP contribution in [0.1, 0.15) is 51.2 Å². The van der Waals surface area contributed by atoms with E-state index < -0.39 is 0 Å². The number of benzene rings is 1. The van der Waals surface area contributed by atoms with Gasteiger partial charge in [0.25, 0.3) is 0 Å². The summed E-state index contributed by atoms with van der Waals surface area (Å²) >= 11 is 0. The number of nitrogens with one attached hydrogen (secondary N) is 2. The molecule has 27 heavy (non-hydrogen) atoms. The maximum Gasteiger partial charge on any atom is 0.223 e. The van der Waals surface area contributed by atoms with E-state index in [9.17, 15) is 4.79 Å². The number of hydrogen-bond acceptors (Lipinski definition) is 3. The van der Waals surface area contributed by atoms with Crippen LogP contribution in [0.25, 0.3) is 0 Å². The van der Waals surface area contributed by atoms with Crippen LogP contribution < -0.4 is 10.6 Å². The van der Waals surface area contributed by atoms with Gasteiger partial charge in [0.15, 0.2) is 0 Å². The molecule has 148 valence electrons. The van der Waals surface area contributed by atoms with Gasteiger partial charge in [-0.15, -0.1) is 0 Å². The molecule has 2 atom stereocenters. The van der Waals surface area contributed by atoms with Crippen molar-refractivity contribution in [3.8, 4) is 0 Å². The lowest BCUT2D eigenvalue weighted by atomic mass is 9.85. The third-order valence-electron chi connectivity index (χ3n) is 7.12. The predicted octanol–water partition coefficient (Wildman–Crippen LogP) is 2.97. The first kappa shape index (κ1) is 18.9. The summed E-state index contributed by atoms with van der Waals surface area (Å²) in [5.41, 5.74) is 3.29. The van der Waals surface area contributed by atoms with Gasteiger partial charge in [0.1, 0.15) is 0 Å². The minimum Gasteiger partial charge on any atom is -0.351 e. The minimum absolute atomic E-state index is 0.0583. The van der Waals surface area contributed by atoms with Gasteiger partial charge in [-0.1, -0.05) is 45.0 Å². The van der Waals surface area contributed by atoms with Gasteiger partial charge >= 0.3 is 0 Å². The van der Waals surface area contributed by atoms with Gasteiger partial charge in [-0.05, 0) is 60.7 Å². The number of nitrogens with zero attached hydrogens (tertiary/aromatic N) is 1. The molecule has 2 fully saturated rings. The summed E-state index contributed by atoms with van der Waals surface area (Å²) in [5, 5.41) is 6.89. The molecule has 1 spiro atoms. The molecule has 4 nitrogen and oxygen atoms in total. The standard InChI is InChI=1S/C23H35N3O/c1-22(2,3)20(16-26-13-8-17-6-4-5-7-18(17)15-26)25-21(27)19-14-23(19)9-11-24-12-10-23/h4-7,19-20,24H,8-16H2,1-3H3,(H,25,27). The Bertz CT molecular complexity index is 687. The molecule has 4 heteroatoms. The van der Waals surface area contributed by atoms with Gasteiger partial charge in [-0.2, -0.15) is 0 Å². The molecule has 3 aliphatic rings. The van der Waals surface area contributed by atoms with Crippen LogP contribution in [-0.2, 0) is 17.8 Å². The Morgan fingerprint density at radius 2 is 1.96 bits per heavy atom. The highest BCUT2D eigenvalue weighted by Gasteiger charge is 2.58. The van der Waals surface area contributed by atoms with E-state index in [0.29, 0.717) is 11.3 Å². The monoisotopic (exact) mass is 369 g/mol. The van der Waals surface area contributed by atoms with Crippen LogP contribution >= 0.6 is 0 Å². The molecule has 1 saturated carbocycles. The van der Waals surface area contributed by atoms with Crippen molar-refractivity contribution in [1.82, 2.24) is 15.5 Å². The summed E-state index contributed by atoms with van der Waals surface area (Å²) in [6.07, 6.45) is 4.52. The molecule has 1 amide bonds. The van der Waals surface area contributed by atoms with E-state index in [1.807, 2.05) is 0 Å². The number of piperidine rings is 1. The SMILES string of the molecule is CC(C)(C)C(CN1CCc2ccccc2C1)NC(=O)C1CC12CCNCC2. The van der Waals surface area contributed by atoms with Crippen molar-refractivity contribution in [3.63, 3.8) is 0 Å². The topological polar surface area (TPSA) is 44.4 Å². The van der Waals surface area contributed by atoms with Crippen LogP contribution in [0, 0.1) is 16.7 Å². The summed E-state index contributed by atoms with van der Waals surface area (Å²) in [6, 6.07) is 8.96. The Hall–Kier alpha value is -1.39. The third kappa shape index (κ3) is 4.07. The molecule has 4 rings (SSSR count). The van der Waals surface area contributed by atoms with Crippen LogP contribution in [0.15, 0.2) is 24.3 Å². The molecule has 0 bridgehead atoms. The van der Waals surface area contributed by atoms with Crippen LogP contribution in [0.2, 0.25) is 0 Å². The summed E-state index contributed by atoms with van der Waals surface area (Å²) in [6.45, 7) is 11.9. The van der Waals surface area contributed by atoms with Crippen molar-refractivity contribution < 1.29 is 4.79 Å². The van der Waals surface area contributed by atoms with Gasteiger partial charge in [-0.3, -0.25) is 9.69 Å². The average molecular weight is 370 g/mol. The third-order valence-corrected chi connectivity index (χ3v) is 7.12. The normalized spacial score (nSPS) is 25.7. The van der Waals surface area contributed by atoms with Crippen LogP contribution in [0.4, 0.5) is 0 Å². The Balaban J connectivity index is 1.38. The molecule has 2 N–H and O–H groups in total. The summed E-state index contributed by atoms with van der Waals surface area (Å²) in [5.74, 6) is 0.542. The summed E-state index contributed by atoms with van der Waals surface area (Å²) in [7, 11) is 0. The number of carbonyl (C=O) groups excluding carboxylic acids is 1. The maximum atomic E-state index is 13.0. The number of rotatable bonds is 4. The zero-order chi connectivity index (χ0) is 19.1. The Morgan fingerprint density at radius 1 is 1.26 bits per heavy atom. The fourth-order valence-electron chi connectivity index (χ4n) is 4.97. The van der Waals surface area contributed by atoms with Gasteiger partial charge in [0, 0.05) is 31.6 Å². The number of hydrogen-bond donors (Lipinski definition) is 2. The zero-order valence-corrected chi connectivity index (χ0v) is 17.2. The molecule has 1 saturated heterocycles. The first-order chi connectivity index (χ1) is 12.9. The molecule has 2 aliphatic heterocycles. The van der Waals surface area contributed by atoms with Gasteiger partial charge in [0.2, 0.25) is 5.91 Å². The Labute approximate surface area is 164 Å². The lowest BCUT2D eigenvalue weighted by Crippen LogP contribution is -2.52. The first-order valence-electron chi connectivity index (χ1n) is 10.7. The quantitative estimate of drug-likeness (QED) is 0.858. The first-order valence-corrected chi connectivity index (χ1v) is 10.7. The van der Waals surface area contributed by atoms with E-state index in [0.717, 1.165) is 58.4 Å². The van der Waals surface area contributed by atoms with E-state index in [2.05, 4.69) is 60.6 Å². The number of carbonyl (C=O) groups is 1. The highest BCUT2D eigenvalue weighted by Crippen LogP contribution is 2.58. The second-order valence-corrected chi connectivity index (χ2v) is 10.1.